The van der Waals surface area contributed by atoms with E-state index in [1.54, 1.807) is 12.1 Å². The van der Waals surface area contributed by atoms with E-state index in [-0.39, 0.29) is 11.6 Å². The van der Waals surface area contributed by atoms with Crippen LogP contribution in [0, 0.1) is 9.39 Å². The van der Waals surface area contributed by atoms with Gasteiger partial charge in [-0.05, 0) is 65.4 Å². The molecule has 7 heteroatoms. The fourth-order valence-corrected chi connectivity index (χ4v) is 2.96. The summed E-state index contributed by atoms with van der Waals surface area (Å²) in [6, 6.07) is 7.24. The molecule has 0 fully saturated rings. The molecule has 2 rings (SSSR count). The number of ether oxygens (including phenoxy) is 2. The van der Waals surface area contributed by atoms with Crippen LogP contribution in [0.15, 0.2) is 30.3 Å². The van der Waals surface area contributed by atoms with Crippen LogP contribution in [-0.2, 0) is 6.61 Å². The first-order chi connectivity index (χ1) is 10.9. The summed E-state index contributed by atoms with van der Waals surface area (Å²) in [6.07, 6.45) is 0. The van der Waals surface area contributed by atoms with Crippen LogP contribution in [0.25, 0.3) is 0 Å². The van der Waals surface area contributed by atoms with E-state index >= 15 is 0 Å². The second-order valence-electron chi connectivity index (χ2n) is 4.52. The Morgan fingerprint density at radius 1 is 1.26 bits per heavy atom. The van der Waals surface area contributed by atoms with Gasteiger partial charge < -0.3 is 9.47 Å². The quantitative estimate of drug-likeness (QED) is 0.418. The van der Waals surface area contributed by atoms with Crippen molar-refractivity contribution in [2.75, 3.05) is 6.61 Å². The minimum atomic E-state index is -0.572. The Bertz CT molecular complexity index is 738. The Hall–Kier alpha value is -1.05. The molecule has 0 heterocycles. The van der Waals surface area contributed by atoms with Crippen LogP contribution in [-0.4, -0.2) is 11.8 Å². The maximum Gasteiger partial charge on any atom is 0.252 e. The Balaban J connectivity index is 2.29. The molecule has 0 N–H and O–H groups in total. The Labute approximate surface area is 156 Å². The van der Waals surface area contributed by atoms with Gasteiger partial charge in [0.05, 0.1) is 15.2 Å². The molecule has 0 aliphatic heterocycles. The third-order valence-corrected chi connectivity index (χ3v) is 4.29. The van der Waals surface area contributed by atoms with E-state index in [9.17, 15) is 9.18 Å². The molecule has 0 bridgehead atoms. The number of carbonyl (C=O) groups is 1. The minimum Gasteiger partial charge on any atom is -0.490 e. The average Bonchev–Trinajstić information content (AvgIpc) is 2.48. The number of hydrogen-bond donors (Lipinski definition) is 0. The summed E-state index contributed by atoms with van der Waals surface area (Å²) in [5, 5.41) is -0.289. The van der Waals surface area contributed by atoms with Crippen molar-refractivity contribution < 1.29 is 18.7 Å². The van der Waals surface area contributed by atoms with Crippen molar-refractivity contribution in [1.29, 1.82) is 0 Å². The van der Waals surface area contributed by atoms with E-state index in [2.05, 4.69) is 0 Å². The molecule has 0 aliphatic rings. The second kappa shape index (κ2) is 8.17. The van der Waals surface area contributed by atoms with Gasteiger partial charge in [0.1, 0.15) is 12.4 Å². The molecule has 2 aromatic carbocycles. The summed E-state index contributed by atoms with van der Waals surface area (Å²) in [7, 11) is 0. The van der Waals surface area contributed by atoms with Gasteiger partial charge in [0.15, 0.2) is 11.5 Å². The van der Waals surface area contributed by atoms with Crippen LogP contribution in [0.1, 0.15) is 22.8 Å². The SMILES string of the molecule is CCOc1cc(C(=O)Cl)cc(I)c1OCc1ccc(F)cc1Cl. The largest absolute Gasteiger partial charge is 0.490 e. The van der Waals surface area contributed by atoms with Crippen molar-refractivity contribution in [2.24, 2.45) is 0 Å². The highest BCUT2D eigenvalue weighted by molar-refractivity contribution is 14.1. The van der Waals surface area contributed by atoms with E-state index in [0.29, 0.717) is 32.8 Å². The lowest BCUT2D eigenvalue weighted by Crippen LogP contribution is -2.04. The summed E-state index contributed by atoms with van der Waals surface area (Å²) in [5.41, 5.74) is 0.968. The predicted molar refractivity (Wildman–Crippen MR) is 96.3 cm³/mol. The predicted octanol–water partition coefficient (Wildman–Crippen LogP) is 5.44. The summed E-state index contributed by atoms with van der Waals surface area (Å²) >= 11 is 13.5. The van der Waals surface area contributed by atoms with Gasteiger partial charge >= 0.3 is 0 Å². The van der Waals surface area contributed by atoms with Gasteiger partial charge in [-0.3, -0.25) is 4.79 Å². The lowest BCUT2D eigenvalue weighted by molar-refractivity contribution is 0.108. The summed E-state index contributed by atoms with van der Waals surface area (Å²) in [6.45, 7) is 2.37. The lowest BCUT2D eigenvalue weighted by atomic mass is 10.2. The first kappa shape index (κ1) is 18.3. The van der Waals surface area contributed by atoms with Crippen molar-refractivity contribution in [3.05, 3.63) is 55.9 Å². The minimum absolute atomic E-state index is 0.142. The van der Waals surface area contributed by atoms with Crippen LogP contribution in [0.5, 0.6) is 11.5 Å². The number of halogens is 4. The zero-order valence-corrected chi connectivity index (χ0v) is 15.7. The lowest BCUT2D eigenvalue weighted by Gasteiger charge is -2.15. The molecular weight excluding hydrogens is 457 g/mol. The highest BCUT2D eigenvalue weighted by Gasteiger charge is 2.15. The van der Waals surface area contributed by atoms with Crippen molar-refractivity contribution >= 4 is 51.0 Å². The van der Waals surface area contributed by atoms with E-state index in [4.69, 9.17) is 32.7 Å². The van der Waals surface area contributed by atoms with E-state index in [1.165, 1.54) is 18.2 Å². The van der Waals surface area contributed by atoms with Crippen LogP contribution < -0.4 is 9.47 Å². The van der Waals surface area contributed by atoms with E-state index < -0.39 is 11.1 Å². The zero-order chi connectivity index (χ0) is 17.0. The normalized spacial score (nSPS) is 10.5. The highest BCUT2D eigenvalue weighted by atomic mass is 127. The molecule has 23 heavy (non-hydrogen) atoms. The standard InChI is InChI=1S/C16H12Cl2FIO3/c1-2-22-14-6-10(16(18)21)5-13(20)15(14)23-8-9-3-4-11(19)7-12(9)17/h3-7H,2,8H2,1H3. The smallest absolute Gasteiger partial charge is 0.252 e. The summed E-state index contributed by atoms with van der Waals surface area (Å²) in [5.74, 6) is 0.490. The second-order valence-corrected chi connectivity index (χ2v) is 6.43. The van der Waals surface area contributed by atoms with E-state index in [1.807, 2.05) is 29.5 Å². The molecule has 0 unspecified atom stereocenters. The maximum absolute atomic E-state index is 13.1. The van der Waals surface area contributed by atoms with Crippen LogP contribution in [0.3, 0.4) is 0 Å². The molecule has 0 radical (unpaired) electrons. The van der Waals surface area contributed by atoms with Crippen molar-refractivity contribution in [1.82, 2.24) is 0 Å². The first-order valence-electron chi connectivity index (χ1n) is 6.65. The third-order valence-electron chi connectivity index (χ3n) is 2.92. The van der Waals surface area contributed by atoms with Gasteiger partial charge in [-0.2, -0.15) is 0 Å². The number of carbonyl (C=O) groups excluding carboxylic acids is 1. The molecule has 0 amide bonds. The Morgan fingerprint density at radius 3 is 2.61 bits per heavy atom. The Kier molecular flexibility index (Phi) is 6.50. The molecule has 0 spiro atoms. The molecule has 3 nitrogen and oxygen atoms in total. The van der Waals surface area contributed by atoms with Crippen molar-refractivity contribution in [3.63, 3.8) is 0 Å². The third kappa shape index (κ3) is 4.71. The van der Waals surface area contributed by atoms with Gasteiger partial charge in [0.25, 0.3) is 5.24 Å². The molecule has 0 atom stereocenters. The van der Waals surface area contributed by atoms with Gasteiger partial charge in [-0.25, -0.2) is 4.39 Å². The van der Waals surface area contributed by atoms with Gasteiger partial charge in [0, 0.05) is 11.1 Å². The zero-order valence-electron chi connectivity index (χ0n) is 12.0. The fraction of sp³-hybridized carbons (Fsp3) is 0.188. The van der Waals surface area contributed by atoms with E-state index in [0.717, 1.165) is 0 Å². The number of rotatable bonds is 6. The van der Waals surface area contributed by atoms with Crippen molar-refractivity contribution in [2.45, 2.75) is 13.5 Å². The summed E-state index contributed by atoms with van der Waals surface area (Å²) in [4.78, 5) is 11.3. The maximum atomic E-state index is 13.1. The average molecular weight is 469 g/mol. The topological polar surface area (TPSA) is 35.5 Å². The molecule has 0 saturated heterocycles. The first-order valence-corrected chi connectivity index (χ1v) is 8.48. The molecule has 122 valence electrons. The molecule has 0 aliphatic carbocycles. The molecule has 0 saturated carbocycles. The van der Waals surface area contributed by atoms with Crippen LogP contribution in [0.4, 0.5) is 4.39 Å². The highest BCUT2D eigenvalue weighted by Crippen LogP contribution is 2.35. The Morgan fingerprint density at radius 2 is 2.00 bits per heavy atom. The fourth-order valence-electron chi connectivity index (χ4n) is 1.87. The van der Waals surface area contributed by atoms with Crippen LogP contribution in [0.2, 0.25) is 5.02 Å². The monoisotopic (exact) mass is 468 g/mol. The van der Waals surface area contributed by atoms with Gasteiger partial charge in [-0.15, -0.1) is 0 Å². The molecule has 0 aromatic heterocycles. The van der Waals surface area contributed by atoms with Gasteiger partial charge in [0.2, 0.25) is 0 Å². The van der Waals surface area contributed by atoms with Crippen molar-refractivity contribution in [3.8, 4) is 11.5 Å². The number of benzene rings is 2. The molecule has 2 aromatic rings. The van der Waals surface area contributed by atoms with Gasteiger partial charge in [-0.1, -0.05) is 17.7 Å². The van der Waals surface area contributed by atoms with Crippen LogP contribution >= 0.6 is 45.8 Å². The molecular formula is C16H12Cl2FIO3. The summed E-state index contributed by atoms with van der Waals surface area (Å²) < 4.78 is 25.0. The number of hydrogen-bond acceptors (Lipinski definition) is 3.